The van der Waals surface area contributed by atoms with Gasteiger partial charge < -0.3 is 4.74 Å². The molecule has 54 valence electrons. The van der Waals surface area contributed by atoms with Gasteiger partial charge in [0.25, 0.3) is 0 Å². The molecular formula is C8H10OS. The van der Waals surface area contributed by atoms with E-state index < -0.39 is 0 Å². The highest BCUT2D eigenvalue weighted by atomic mass is 32.1. The summed E-state index contributed by atoms with van der Waals surface area (Å²) >= 11 is 4.70. The van der Waals surface area contributed by atoms with Gasteiger partial charge >= 0.3 is 0 Å². The molecule has 0 spiro atoms. The van der Waals surface area contributed by atoms with Gasteiger partial charge in [-0.2, -0.15) is 0 Å². The lowest BCUT2D eigenvalue weighted by atomic mass is 10.5. The minimum absolute atomic E-state index is 0.425. The number of thiocarbonyl (C=S) groups is 1. The third-order valence-electron chi connectivity index (χ3n) is 0.761. The molecule has 10 heavy (non-hydrogen) atoms. The second-order valence-electron chi connectivity index (χ2n) is 1.50. The smallest absolute Gasteiger partial charge is 0.183 e. The highest BCUT2D eigenvalue weighted by Gasteiger charge is 1.83. The van der Waals surface area contributed by atoms with E-state index in [0.29, 0.717) is 11.7 Å². The lowest BCUT2D eigenvalue weighted by molar-refractivity contribution is 0.363. The molecule has 0 fully saturated rings. The highest BCUT2D eigenvalue weighted by molar-refractivity contribution is 7.80. The zero-order chi connectivity index (χ0) is 7.82. The first-order valence-electron chi connectivity index (χ1n) is 2.88. The maximum Gasteiger partial charge on any atom is 0.183 e. The van der Waals surface area contributed by atoms with Gasteiger partial charge in [-0.05, 0) is 24.4 Å². The molecule has 0 aromatic carbocycles. The second kappa shape index (κ2) is 6.23. The van der Waals surface area contributed by atoms with Crippen molar-refractivity contribution in [2.75, 3.05) is 6.61 Å². The van der Waals surface area contributed by atoms with Crippen molar-refractivity contribution in [3.05, 3.63) is 37.5 Å². The molecule has 0 radical (unpaired) electrons. The van der Waals surface area contributed by atoms with E-state index in [-0.39, 0.29) is 0 Å². The van der Waals surface area contributed by atoms with Gasteiger partial charge in [0.05, 0.1) is 0 Å². The molecule has 0 heterocycles. The van der Waals surface area contributed by atoms with Crippen LogP contribution in [-0.2, 0) is 4.74 Å². The SMILES string of the molecule is C=C/C=C/COC(=S)C=C. The summed E-state index contributed by atoms with van der Waals surface area (Å²) in [7, 11) is 0. The predicted molar refractivity (Wildman–Crippen MR) is 48.1 cm³/mol. The molecule has 1 nitrogen and oxygen atoms in total. The van der Waals surface area contributed by atoms with Gasteiger partial charge in [-0.15, -0.1) is 0 Å². The molecule has 0 aliphatic carbocycles. The van der Waals surface area contributed by atoms with Crippen LogP contribution in [0.25, 0.3) is 0 Å². The van der Waals surface area contributed by atoms with Gasteiger partial charge in [-0.3, -0.25) is 0 Å². The van der Waals surface area contributed by atoms with Crippen LogP contribution in [0.3, 0.4) is 0 Å². The van der Waals surface area contributed by atoms with Crippen molar-refractivity contribution in [3.63, 3.8) is 0 Å². The molecule has 0 aliphatic heterocycles. The Bertz CT molecular complexity index is 159. The average molecular weight is 154 g/mol. The summed E-state index contributed by atoms with van der Waals surface area (Å²) in [5.41, 5.74) is 0. The van der Waals surface area contributed by atoms with Gasteiger partial charge in [-0.25, -0.2) is 0 Å². The Morgan fingerprint density at radius 3 is 2.70 bits per heavy atom. The fourth-order valence-electron chi connectivity index (χ4n) is 0.341. The van der Waals surface area contributed by atoms with Crippen molar-refractivity contribution < 1.29 is 4.74 Å². The summed E-state index contributed by atoms with van der Waals surface area (Å²) in [5, 5.41) is 0.425. The van der Waals surface area contributed by atoms with Crippen LogP contribution < -0.4 is 0 Å². The third-order valence-corrected chi connectivity index (χ3v) is 1.05. The molecule has 2 heteroatoms. The van der Waals surface area contributed by atoms with Crippen LogP contribution in [0.1, 0.15) is 0 Å². The minimum Gasteiger partial charge on any atom is -0.479 e. The molecule has 0 amide bonds. The van der Waals surface area contributed by atoms with E-state index in [9.17, 15) is 0 Å². The van der Waals surface area contributed by atoms with E-state index in [1.165, 1.54) is 6.08 Å². The second-order valence-corrected chi connectivity index (χ2v) is 1.90. The standard InChI is InChI=1S/C8H10OS/c1-3-5-6-7-9-8(10)4-2/h3-6H,1-2,7H2/b6-5+. The Balaban J connectivity index is 3.36. The summed E-state index contributed by atoms with van der Waals surface area (Å²) < 4.78 is 4.97. The van der Waals surface area contributed by atoms with E-state index in [2.05, 4.69) is 13.2 Å². The molecule has 0 N–H and O–H groups in total. The molecule has 0 unspecified atom stereocenters. The molecule has 0 saturated carbocycles. The van der Waals surface area contributed by atoms with Gasteiger partial charge in [0, 0.05) is 0 Å². The Labute approximate surface area is 66.7 Å². The van der Waals surface area contributed by atoms with Crippen LogP contribution in [0.15, 0.2) is 37.5 Å². The Hall–Kier alpha value is -0.890. The summed E-state index contributed by atoms with van der Waals surface area (Å²) in [6, 6.07) is 0. The van der Waals surface area contributed by atoms with Crippen LogP contribution in [-0.4, -0.2) is 11.7 Å². The molecular weight excluding hydrogens is 144 g/mol. The van der Waals surface area contributed by atoms with Gasteiger partial charge in [0.2, 0.25) is 0 Å². The van der Waals surface area contributed by atoms with E-state index in [1.807, 2.05) is 6.08 Å². The molecule has 0 aromatic rings. The summed E-state index contributed by atoms with van der Waals surface area (Å²) in [6.45, 7) is 7.43. The summed E-state index contributed by atoms with van der Waals surface area (Å²) in [5.74, 6) is 0. The topological polar surface area (TPSA) is 9.23 Å². The third kappa shape index (κ3) is 5.25. The lowest BCUT2D eigenvalue weighted by Crippen LogP contribution is -1.95. The van der Waals surface area contributed by atoms with E-state index >= 15 is 0 Å². The highest BCUT2D eigenvalue weighted by Crippen LogP contribution is 1.84. The number of allylic oxidation sites excluding steroid dienone is 2. The molecule has 0 atom stereocenters. The minimum atomic E-state index is 0.425. The average Bonchev–Trinajstić information content (AvgIpc) is 1.98. The van der Waals surface area contributed by atoms with E-state index in [1.54, 1.807) is 12.2 Å². The number of hydrogen-bond donors (Lipinski definition) is 0. The van der Waals surface area contributed by atoms with E-state index in [0.717, 1.165) is 0 Å². The van der Waals surface area contributed by atoms with Crippen molar-refractivity contribution in [2.24, 2.45) is 0 Å². The van der Waals surface area contributed by atoms with Gasteiger partial charge in [0.15, 0.2) is 5.05 Å². The molecule has 0 aromatic heterocycles. The zero-order valence-electron chi connectivity index (χ0n) is 5.75. The summed E-state index contributed by atoms with van der Waals surface area (Å²) in [6.07, 6.45) is 6.80. The fraction of sp³-hybridized carbons (Fsp3) is 0.125. The fourth-order valence-corrected chi connectivity index (χ4v) is 0.409. The normalized spacial score (nSPS) is 9.20. The largest absolute Gasteiger partial charge is 0.479 e. The molecule has 0 saturated heterocycles. The number of hydrogen-bond acceptors (Lipinski definition) is 2. The predicted octanol–water partition coefficient (Wildman–Crippen LogP) is 2.26. The first-order valence-corrected chi connectivity index (χ1v) is 3.29. The van der Waals surface area contributed by atoms with Crippen molar-refractivity contribution in [1.29, 1.82) is 0 Å². The Morgan fingerprint density at radius 1 is 1.50 bits per heavy atom. The Kier molecular flexibility index (Phi) is 5.68. The number of ether oxygens (including phenoxy) is 1. The first kappa shape index (κ1) is 9.11. The van der Waals surface area contributed by atoms with Crippen LogP contribution in [0.4, 0.5) is 0 Å². The van der Waals surface area contributed by atoms with E-state index in [4.69, 9.17) is 17.0 Å². The Morgan fingerprint density at radius 2 is 2.20 bits per heavy atom. The van der Waals surface area contributed by atoms with Crippen LogP contribution in [0, 0.1) is 0 Å². The monoisotopic (exact) mass is 154 g/mol. The van der Waals surface area contributed by atoms with Crippen LogP contribution in [0.2, 0.25) is 0 Å². The van der Waals surface area contributed by atoms with Crippen LogP contribution in [0.5, 0.6) is 0 Å². The van der Waals surface area contributed by atoms with Crippen molar-refractivity contribution in [3.8, 4) is 0 Å². The maximum atomic E-state index is 4.97. The van der Waals surface area contributed by atoms with Gasteiger partial charge in [-0.1, -0.05) is 25.3 Å². The quantitative estimate of drug-likeness (QED) is 0.349. The van der Waals surface area contributed by atoms with Gasteiger partial charge in [0.1, 0.15) is 6.61 Å². The zero-order valence-corrected chi connectivity index (χ0v) is 6.56. The first-order chi connectivity index (χ1) is 4.81. The van der Waals surface area contributed by atoms with Crippen molar-refractivity contribution >= 4 is 17.3 Å². The van der Waals surface area contributed by atoms with Crippen molar-refractivity contribution in [1.82, 2.24) is 0 Å². The lowest BCUT2D eigenvalue weighted by Gasteiger charge is -1.96. The molecule has 0 bridgehead atoms. The van der Waals surface area contributed by atoms with Crippen LogP contribution >= 0.6 is 12.2 Å². The summed E-state index contributed by atoms with van der Waals surface area (Å²) in [4.78, 5) is 0. The molecule has 0 aliphatic rings. The van der Waals surface area contributed by atoms with Crippen molar-refractivity contribution in [2.45, 2.75) is 0 Å². The number of rotatable bonds is 4. The maximum absolute atomic E-state index is 4.97. The molecule has 0 rings (SSSR count).